The molecule has 0 radical (unpaired) electrons. The van der Waals surface area contributed by atoms with Crippen molar-refractivity contribution >= 4 is 5.97 Å². The largest absolute Gasteiger partial charge is 0.496 e. The second-order valence-corrected chi connectivity index (χ2v) is 6.64. The van der Waals surface area contributed by atoms with Crippen molar-refractivity contribution in [1.82, 2.24) is 9.55 Å². The second-order valence-electron chi connectivity index (χ2n) is 6.64. The Hall–Kier alpha value is -2.30. The Balaban J connectivity index is 1.89. The highest BCUT2D eigenvalue weighted by atomic mass is 16.5. The van der Waals surface area contributed by atoms with Gasteiger partial charge in [0.1, 0.15) is 11.6 Å². The molecule has 0 amide bonds. The average molecular weight is 328 g/mol. The summed E-state index contributed by atoms with van der Waals surface area (Å²) < 4.78 is 7.61. The molecule has 1 N–H and O–H groups in total. The van der Waals surface area contributed by atoms with Gasteiger partial charge in [0.25, 0.3) is 0 Å². The van der Waals surface area contributed by atoms with Crippen LogP contribution in [-0.2, 0) is 4.79 Å². The van der Waals surface area contributed by atoms with Gasteiger partial charge in [-0.25, -0.2) is 4.98 Å². The fourth-order valence-electron chi connectivity index (χ4n) is 3.67. The SMILES string of the molecule is COc1cc(C)c(-c2nccn2C2CCC(C(=O)O)CC2)cc1C. The molecule has 5 heteroatoms. The third-order valence-corrected chi connectivity index (χ3v) is 5.09. The standard InChI is InChI=1S/C19H24N2O3/c1-12-11-17(24-3)13(2)10-16(12)18-20-8-9-21(18)15-6-4-14(5-7-15)19(22)23/h8-11,14-15H,4-7H2,1-3H3,(H,22,23). The van der Waals surface area contributed by atoms with Crippen LogP contribution in [-0.4, -0.2) is 27.7 Å². The molecule has 0 bridgehead atoms. The van der Waals surface area contributed by atoms with Gasteiger partial charge in [-0.05, 0) is 62.8 Å². The van der Waals surface area contributed by atoms with Gasteiger partial charge in [0.05, 0.1) is 13.0 Å². The summed E-state index contributed by atoms with van der Waals surface area (Å²) >= 11 is 0. The molecule has 0 unspecified atom stereocenters. The normalized spacial score (nSPS) is 20.8. The van der Waals surface area contributed by atoms with Gasteiger partial charge in [0.2, 0.25) is 0 Å². The minimum atomic E-state index is -0.666. The Bertz CT molecular complexity index is 743. The van der Waals surface area contributed by atoms with Crippen molar-refractivity contribution in [3.8, 4) is 17.1 Å². The van der Waals surface area contributed by atoms with E-state index in [-0.39, 0.29) is 5.92 Å². The summed E-state index contributed by atoms with van der Waals surface area (Å²) in [5, 5.41) is 9.17. The zero-order chi connectivity index (χ0) is 17.3. The molecule has 2 aromatic rings. The number of carboxylic acid groups (broad SMARTS) is 1. The summed E-state index contributed by atoms with van der Waals surface area (Å²) in [7, 11) is 1.68. The summed E-state index contributed by atoms with van der Waals surface area (Å²) in [5.41, 5.74) is 3.32. The maximum atomic E-state index is 11.1. The number of aliphatic carboxylic acids is 1. The van der Waals surface area contributed by atoms with Crippen molar-refractivity contribution in [2.24, 2.45) is 5.92 Å². The highest BCUT2D eigenvalue weighted by Crippen LogP contribution is 2.36. The van der Waals surface area contributed by atoms with Crippen LogP contribution in [0.4, 0.5) is 0 Å². The van der Waals surface area contributed by atoms with Gasteiger partial charge < -0.3 is 14.4 Å². The summed E-state index contributed by atoms with van der Waals surface area (Å²) in [5.74, 6) is 0.979. The van der Waals surface area contributed by atoms with Crippen LogP contribution in [0.1, 0.15) is 42.9 Å². The fraction of sp³-hybridized carbons (Fsp3) is 0.474. The van der Waals surface area contributed by atoms with Crippen LogP contribution in [0.2, 0.25) is 0 Å². The third kappa shape index (κ3) is 3.03. The van der Waals surface area contributed by atoms with Crippen LogP contribution in [0.3, 0.4) is 0 Å². The molecule has 1 saturated carbocycles. The van der Waals surface area contributed by atoms with E-state index in [1.807, 2.05) is 25.4 Å². The molecule has 0 spiro atoms. The van der Waals surface area contributed by atoms with E-state index >= 15 is 0 Å². The Morgan fingerprint density at radius 1 is 1.21 bits per heavy atom. The lowest BCUT2D eigenvalue weighted by atomic mass is 9.86. The lowest BCUT2D eigenvalue weighted by molar-refractivity contribution is -0.143. The summed E-state index contributed by atoms with van der Waals surface area (Å²) in [6.45, 7) is 4.10. The molecule has 1 aliphatic rings. The van der Waals surface area contributed by atoms with Crippen LogP contribution in [0, 0.1) is 19.8 Å². The number of rotatable bonds is 4. The predicted molar refractivity (Wildman–Crippen MR) is 92.3 cm³/mol. The number of ether oxygens (including phenoxy) is 1. The lowest BCUT2D eigenvalue weighted by Gasteiger charge is -2.28. The molecule has 0 atom stereocenters. The second kappa shape index (κ2) is 6.67. The van der Waals surface area contributed by atoms with Gasteiger partial charge in [-0.15, -0.1) is 0 Å². The molecule has 3 rings (SSSR count). The third-order valence-electron chi connectivity index (χ3n) is 5.09. The molecule has 1 fully saturated rings. The molecule has 1 heterocycles. The van der Waals surface area contributed by atoms with Crippen molar-refractivity contribution in [3.05, 3.63) is 35.7 Å². The number of methoxy groups -OCH3 is 1. The van der Waals surface area contributed by atoms with Crippen molar-refractivity contribution < 1.29 is 14.6 Å². The molecule has 5 nitrogen and oxygen atoms in total. The van der Waals surface area contributed by atoms with Gasteiger partial charge in [0, 0.05) is 24.0 Å². The zero-order valence-corrected chi connectivity index (χ0v) is 14.5. The first-order valence-corrected chi connectivity index (χ1v) is 8.42. The van der Waals surface area contributed by atoms with E-state index in [0.717, 1.165) is 53.9 Å². The number of imidazole rings is 1. The quantitative estimate of drug-likeness (QED) is 0.921. The number of carbonyl (C=O) groups is 1. The topological polar surface area (TPSA) is 64.4 Å². The Morgan fingerprint density at radius 3 is 2.54 bits per heavy atom. The summed E-state index contributed by atoms with van der Waals surface area (Å²) in [6.07, 6.45) is 7.08. The number of aromatic nitrogens is 2. The van der Waals surface area contributed by atoms with Gasteiger partial charge in [-0.2, -0.15) is 0 Å². The smallest absolute Gasteiger partial charge is 0.306 e. The molecule has 0 saturated heterocycles. The van der Waals surface area contributed by atoms with Crippen LogP contribution in [0.15, 0.2) is 24.5 Å². The van der Waals surface area contributed by atoms with E-state index < -0.39 is 5.97 Å². The number of nitrogens with zero attached hydrogens (tertiary/aromatic N) is 2. The number of benzene rings is 1. The van der Waals surface area contributed by atoms with Crippen molar-refractivity contribution in [2.75, 3.05) is 7.11 Å². The highest BCUT2D eigenvalue weighted by molar-refractivity contribution is 5.70. The Labute approximate surface area is 142 Å². The molecule has 1 aromatic heterocycles. The highest BCUT2D eigenvalue weighted by Gasteiger charge is 2.28. The number of hydrogen-bond acceptors (Lipinski definition) is 3. The number of carboxylic acids is 1. The maximum Gasteiger partial charge on any atom is 0.306 e. The monoisotopic (exact) mass is 328 g/mol. The first kappa shape index (κ1) is 16.6. The summed E-state index contributed by atoms with van der Waals surface area (Å²) in [6, 6.07) is 4.49. The maximum absolute atomic E-state index is 11.1. The van der Waals surface area contributed by atoms with Crippen LogP contribution >= 0.6 is 0 Å². The van der Waals surface area contributed by atoms with Crippen molar-refractivity contribution in [1.29, 1.82) is 0 Å². The van der Waals surface area contributed by atoms with E-state index in [2.05, 4.69) is 22.5 Å². The molecule has 0 aliphatic heterocycles. The first-order valence-electron chi connectivity index (χ1n) is 8.42. The lowest BCUT2D eigenvalue weighted by Crippen LogP contribution is -2.23. The molecule has 1 aliphatic carbocycles. The minimum Gasteiger partial charge on any atom is -0.496 e. The molecule has 128 valence electrons. The predicted octanol–water partition coefficient (Wildman–Crippen LogP) is 3.99. The van der Waals surface area contributed by atoms with Crippen molar-refractivity contribution in [3.63, 3.8) is 0 Å². The molecular formula is C19H24N2O3. The van der Waals surface area contributed by atoms with E-state index in [9.17, 15) is 9.90 Å². The van der Waals surface area contributed by atoms with Crippen molar-refractivity contribution in [2.45, 2.75) is 45.6 Å². The van der Waals surface area contributed by atoms with E-state index in [1.165, 1.54) is 0 Å². The number of aryl methyl sites for hydroxylation is 2. The average Bonchev–Trinajstić information content (AvgIpc) is 3.06. The van der Waals surface area contributed by atoms with Crippen LogP contribution in [0.25, 0.3) is 11.4 Å². The van der Waals surface area contributed by atoms with Gasteiger partial charge in [-0.1, -0.05) is 0 Å². The van der Waals surface area contributed by atoms with E-state index in [1.54, 1.807) is 7.11 Å². The molecule has 24 heavy (non-hydrogen) atoms. The van der Waals surface area contributed by atoms with Crippen LogP contribution in [0.5, 0.6) is 5.75 Å². The van der Waals surface area contributed by atoms with Gasteiger partial charge >= 0.3 is 5.97 Å². The Kier molecular flexibility index (Phi) is 4.60. The molecule has 1 aromatic carbocycles. The van der Waals surface area contributed by atoms with E-state index in [0.29, 0.717) is 6.04 Å². The van der Waals surface area contributed by atoms with Gasteiger partial charge in [-0.3, -0.25) is 4.79 Å². The summed E-state index contributed by atoms with van der Waals surface area (Å²) in [4.78, 5) is 15.7. The first-order chi connectivity index (χ1) is 11.5. The van der Waals surface area contributed by atoms with E-state index in [4.69, 9.17) is 4.74 Å². The Morgan fingerprint density at radius 2 is 1.92 bits per heavy atom. The molecular weight excluding hydrogens is 304 g/mol. The zero-order valence-electron chi connectivity index (χ0n) is 14.5. The fourth-order valence-corrected chi connectivity index (χ4v) is 3.67. The number of hydrogen-bond donors (Lipinski definition) is 1. The minimum absolute atomic E-state index is 0.196. The van der Waals surface area contributed by atoms with Gasteiger partial charge in [0.15, 0.2) is 0 Å². The van der Waals surface area contributed by atoms with Crippen LogP contribution < -0.4 is 4.74 Å².